The predicted octanol–water partition coefficient (Wildman–Crippen LogP) is 4.68. The lowest BCUT2D eigenvalue weighted by molar-refractivity contribution is 0.100. The van der Waals surface area contributed by atoms with Gasteiger partial charge in [-0.3, -0.25) is 4.90 Å². The van der Waals surface area contributed by atoms with E-state index in [1.54, 1.807) is 4.90 Å². The van der Waals surface area contributed by atoms with E-state index >= 15 is 0 Å². The van der Waals surface area contributed by atoms with Gasteiger partial charge in [0.25, 0.3) is 0 Å². The molecule has 4 nitrogen and oxygen atoms in total. The van der Waals surface area contributed by atoms with Gasteiger partial charge in [0.05, 0.1) is 12.3 Å². The van der Waals surface area contributed by atoms with Crippen molar-refractivity contribution >= 4 is 24.2 Å². The Bertz CT molecular complexity index is 558. The van der Waals surface area contributed by atoms with E-state index in [2.05, 4.69) is 24.8 Å². The number of anilines is 1. The number of amides is 1. The number of carbonyl (C=O) groups is 1. The monoisotopic (exact) mass is 366 g/mol. The fourth-order valence-corrected chi connectivity index (χ4v) is 3.82. The van der Waals surface area contributed by atoms with Gasteiger partial charge in [0.15, 0.2) is 0 Å². The molecule has 1 saturated heterocycles. The summed E-state index contributed by atoms with van der Waals surface area (Å²) in [5.74, 6) is 0.901. The Morgan fingerprint density at radius 2 is 1.96 bits per heavy atom. The Balaban J connectivity index is 0.00000225. The molecule has 0 radical (unpaired) electrons. The van der Waals surface area contributed by atoms with Gasteiger partial charge in [0.1, 0.15) is 0 Å². The molecule has 0 N–H and O–H groups in total. The molecule has 3 rings (SSSR count). The number of hydrogen-bond acceptors (Lipinski definition) is 3. The number of ether oxygens (including phenoxy) is 1. The number of benzene rings is 1. The van der Waals surface area contributed by atoms with Crippen LogP contribution in [-0.4, -0.2) is 43.8 Å². The second kappa shape index (κ2) is 9.44. The number of likely N-dealkylation sites (tertiary alicyclic amines) is 1. The van der Waals surface area contributed by atoms with Crippen molar-refractivity contribution in [2.45, 2.75) is 45.4 Å². The lowest BCUT2D eigenvalue weighted by Crippen LogP contribution is -2.37. The van der Waals surface area contributed by atoms with Crippen molar-refractivity contribution in [3.8, 4) is 0 Å². The van der Waals surface area contributed by atoms with E-state index in [-0.39, 0.29) is 18.5 Å². The van der Waals surface area contributed by atoms with Crippen LogP contribution in [-0.2, 0) is 4.74 Å². The maximum Gasteiger partial charge on any atom is 0.414 e. The summed E-state index contributed by atoms with van der Waals surface area (Å²) in [6.07, 6.45) is 4.65. The highest BCUT2D eigenvalue weighted by Gasteiger charge is 2.31. The van der Waals surface area contributed by atoms with Crippen molar-refractivity contribution in [1.82, 2.24) is 4.90 Å². The quantitative estimate of drug-likeness (QED) is 0.758. The van der Waals surface area contributed by atoms with Gasteiger partial charge in [-0.1, -0.05) is 38.5 Å². The number of rotatable bonds is 5. The zero-order chi connectivity index (χ0) is 16.9. The predicted molar refractivity (Wildman–Crippen MR) is 105 cm³/mol. The highest BCUT2D eigenvalue weighted by Crippen LogP contribution is 2.36. The first-order chi connectivity index (χ1) is 11.7. The molecule has 0 spiro atoms. The average Bonchev–Trinajstić information content (AvgIpc) is 2.96. The van der Waals surface area contributed by atoms with Crippen LogP contribution in [0.5, 0.6) is 0 Å². The number of unbranched alkanes of at least 4 members (excludes halogenated alkanes) is 1. The highest BCUT2D eigenvalue weighted by molar-refractivity contribution is 5.90. The summed E-state index contributed by atoms with van der Waals surface area (Å²) < 4.78 is 5.66. The minimum atomic E-state index is -0.180. The minimum Gasteiger partial charge on any atom is -0.449 e. The summed E-state index contributed by atoms with van der Waals surface area (Å²) in [7, 11) is 0. The third kappa shape index (κ3) is 4.89. The molecule has 0 bridgehead atoms. The largest absolute Gasteiger partial charge is 0.449 e. The number of carbonyl (C=O) groups excluding carboxylic acids is 1. The van der Waals surface area contributed by atoms with Crippen LogP contribution in [0, 0.1) is 5.92 Å². The maximum atomic E-state index is 12.5. The van der Waals surface area contributed by atoms with Crippen LogP contribution in [0.25, 0.3) is 0 Å². The molecule has 1 unspecified atom stereocenters. The zero-order valence-electron chi connectivity index (χ0n) is 15.4. The molecule has 1 amide bonds. The molecule has 1 aromatic rings. The van der Waals surface area contributed by atoms with Crippen LogP contribution >= 0.6 is 12.4 Å². The summed E-state index contributed by atoms with van der Waals surface area (Å²) >= 11 is 0. The number of fused-ring (bicyclic) bond motifs is 1. The molecule has 0 saturated carbocycles. The lowest BCUT2D eigenvalue weighted by atomic mass is 9.98. The van der Waals surface area contributed by atoms with Gasteiger partial charge >= 0.3 is 6.09 Å². The van der Waals surface area contributed by atoms with Crippen LogP contribution < -0.4 is 4.90 Å². The minimum absolute atomic E-state index is 0. The average molecular weight is 367 g/mol. The van der Waals surface area contributed by atoms with Crippen molar-refractivity contribution in [2.75, 3.05) is 37.7 Å². The second-order valence-corrected chi connectivity index (χ2v) is 7.29. The number of halogens is 1. The van der Waals surface area contributed by atoms with Gasteiger partial charge < -0.3 is 9.64 Å². The summed E-state index contributed by atoms with van der Waals surface area (Å²) in [4.78, 5) is 16.8. The van der Waals surface area contributed by atoms with Gasteiger partial charge in [-0.05, 0) is 56.4 Å². The van der Waals surface area contributed by atoms with Crippen LogP contribution in [0.3, 0.4) is 0 Å². The smallest absolute Gasteiger partial charge is 0.414 e. The summed E-state index contributed by atoms with van der Waals surface area (Å²) in [5, 5.41) is 0. The molecule has 2 heterocycles. The van der Waals surface area contributed by atoms with E-state index in [1.165, 1.54) is 24.9 Å². The molecule has 0 aromatic heterocycles. The number of para-hydroxylation sites is 1. The molecule has 0 aliphatic carbocycles. The van der Waals surface area contributed by atoms with E-state index in [9.17, 15) is 4.79 Å². The summed E-state index contributed by atoms with van der Waals surface area (Å²) in [6.45, 7) is 9.20. The van der Waals surface area contributed by atoms with Crippen molar-refractivity contribution in [3.63, 3.8) is 0 Å². The molecular weight excluding hydrogens is 336 g/mol. The van der Waals surface area contributed by atoms with E-state index in [1.807, 2.05) is 18.2 Å². The number of nitrogens with zero attached hydrogens (tertiary/aromatic N) is 2. The van der Waals surface area contributed by atoms with Gasteiger partial charge in [0.2, 0.25) is 0 Å². The SMILES string of the molecule is CCCCN1CCC(COC(=O)N2CC(C)c3ccccc32)CC1.Cl. The Labute approximate surface area is 157 Å². The van der Waals surface area contributed by atoms with Crippen molar-refractivity contribution in [3.05, 3.63) is 29.8 Å². The normalized spacial score (nSPS) is 20.9. The summed E-state index contributed by atoms with van der Waals surface area (Å²) in [6, 6.07) is 8.16. The zero-order valence-corrected chi connectivity index (χ0v) is 16.3. The van der Waals surface area contributed by atoms with E-state index < -0.39 is 0 Å². The number of piperidine rings is 1. The first kappa shape index (κ1) is 20.1. The molecule has 2 aliphatic heterocycles. The fraction of sp³-hybridized carbons (Fsp3) is 0.650. The van der Waals surface area contributed by atoms with Crippen LogP contribution in [0.15, 0.2) is 24.3 Å². The molecular formula is C20H31ClN2O2. The Morgan fingerprint density at radius 1 is 1.24 bits per heavy atom. The molecule has 1 aromatic carbocycles. The third-order valence-electron chi connectivity index (χ3n) is 5.41. The van der Waals surface area contributed by atoms with Crippen LogP contribution in [0.1, 0.15) is 51.0 Å². The molecule has 1 atom stereocenters. The van der Waals surface area contributed by atoms with Crippen LogP contribution in [0.2, 0.25) is 0 Å². The highest BCUT2D eigenvalue weighted by atomic mass is 35.5. The van der Waals surface area contributed by atoms with Crippen molar-refractivity contribution in [2.24, 2.45) is 5.92 Å². The van der Waals surface area contributed by atoms with E-state index in [0.717, 1.165) is 38.2 Å². The van der Waals surface area contributed by atoms with Gasteiger partial charge in [-0.25, -0.2) is 4.79 Å². The first-order valence-electron chi connectivity index (χ1n) is 9.44. The van der Waals surface area contributed by atoms with E-state index in [4.69, 9.17) is 4.74 Å². The van der Waals surface area contributed by atoms with Crippen molar-refractivity contribution < 1.29 is 9.53 Å². The van der Waals surface area contributed by atoms with Crippen LogP contribution in [0.4, 0.5) is 10.5 Å². The Kier molecular flexibility index (Phi) is 7.57. The van der Waals surface area contributed by atoms with E-state index in [0.29, 0.717) is 18.4 Å². The standard InChI is InChI=1S/C20H30N2O2.ClH/c1-3-4-11-21-12-9-17(10-13-21)15-24-20(23)22-14-16(2)18-7-5-6-8-19(18)22;/h5-8,16-17H,3-4,9-15H2,1-2H3;1H. The Morgan fingerprint density at radius 3 is 2.68 bits per heavy atom. The number of hydrogen-bond donors (Lipinski definition) is 0. The Hall–Kier alpha value is -1.26. The van der Waals surface area contributed by atoms with Gasteiger partial charge in [-0.15, -0.1) is 12.4 Å². The third-order valence-corrected chi connectivity index (χ3v) is 5.41. The first-order valence-corrected chi connectivity index (χ1v) is 9.44. The van der Waals surface area contributed by atoms with Gasteiger partial charge in [0, 0.05) is 12.5 Å². The molecule has 1 fully saturated rings. The second-order valence-electron chi connectivity index (χ2n) is 7.29. The van der Waals surface area contributed by atoms with Crippen molar-refractivity contribution in [1.29, 1.82) is 0 Å². The molecule has 25 heavy (non-hydrogen) atoms. The fourth-order valence-electron chi connectivity index (χ4n) is 3.82. The summed E-state index contributed by atoms with van der Waals surface area (Å²) in [5.41, 5.74) is 2.27. The molecule has 140 valence electrons. The topological polar surface area (TPSA) is 32.8 Å². The maximum absolute atomic E-state index is 12.5. The molecule has 5 heteroatoms. The molecule has 2 aliphatic rings. The lowest BCUT2D eigenvalue weighted by Gasteiger charge is -2.31. The van der Waals surface area contributed by atoms with Gasteiger partial charge in [-0.2, -0.15) is 0 Å².